The Kier molecular flexibility index (Phi) is 4.07. The third-order valence-electron chi connectivity index (χ3n) is 3.86. The molecule has 0 radical (unpaired) electrons. The normalized spacial score (nSPS) is 11.1. The minimum atomic E-state index is -0.296. The van der Waals surface area contributed by atoms with E-state index in [9.17, 15) is 4.79 Å². The molecule has 0 atom stereocenters. The van der Waals surface area contributed by atoms with Gasteiger partial charge >= 0.3 is 0 Å². The van der Waals surface area contributed by atoms with Gasteiger partial charge in [0.2, 0.25) is 5.71 Å². The molecule has 0 saturated carbocycles. The fourth-order valence-electron chi connectivity index (χ4n) is 2.58. The zero-order valence-electron chi connectivity index (χ0n) is 12.9. The number of halogens is 2. The molecule has 2 heterocycles. The summed E-state index contributed by atoms with van der Waals surface area (Å²) in [6.45, 7) is 0.387. The van der Waals surface area contributed by atoms with Crippen LogP contribution >= 0.6 is 23.2 Å². The van der Waals surface area contributed by atoms with E-state index in [0.717, 1.165) is 21.9 Å². The van der Waals surface area contributed by atoms with Crippen molar-refractivity contribution < 1.29 is 9.21 Å². The summed E-state index contributed by atoms with van der Waals surface area (Å²) < 4.78 is 5.60. The number of carbonyl (C=O) groups is 1. The van der Waals surface area contributed by atoms with Crippen molar-refractivity contribution in [2.45, 2.75) is 6.54 Å². The molecule has 0 aliphatic rings. The number of pyridine rings is 1. The molecule has 2 aromatic carbocycles. The van der Waals surface area contributed by atoms with Crippen LogP contribution in [0.4, 0.5) is 0 Å². The second-order valence-corrected chi connectivity index (χ2v) is 6.51. The fourth-order valence-corrected chi connectivity index (χ4v) is 2.87. The van der Waals surface area contributed by atoms with Gasteiger partial charge in [-0.25, -0.2) is 4.98 Å². The van der Waals surface area contributed by atoms with E-state index in [-0.39, 0.29) is 11.7 Å². The number of amides is 1. The van der Waals surface area contributed by atoms with Gasteiger partial charge in [-0.15, -0.1) is 0 Å². The van der Waals surface area contributed by atoms with Gasteiger partial charge in [0.25, 0.3) is 5.91 Å². The third kappa shape index (κ3) is 3.31. The summed E-state index contributed by atoms with van der Waals surface area (Å²) in [5.41, 5.74) is 2.08. The van der Waals surface area contributed by atoms with Crippen molar-refractivity contribution in [2.75, 3.05) is 0 Å². The number of nitrogens with one attached hydrogen (secondary N) is 1. The van der Waals surface area contributed by atoms with E-state index in [1.165, 1.54) is 0 Å². The summed E-state index contributed by atoms with van der Waals surface area (Å²) >= 11 is 11.8. The van der Waals surface area contributed by atoms with Crippen LogP contribution in [-0.4, -0.2) is 10.9 Å². The number of hydrogen-bond donors (Lipinski definition) is 1. The Morgan fingerprint density at radius 3 is 2.52 bits per heavy atom. The van der Waals surface area contributed by atoms with Crippen LogP contribution in [0, 0.1) is 0 Å². The zero-order valence-corrected chi connectivity index (χ0v) is 14.4. The smallest absolute Gasteiger partial charge is 0.287 e. The zero-order chi connectivity index (χ0) is 17.4. The number of nitrogens with zero attached hydrogens (tertiary/aromatic N) is 1. The van der Waals surface area contributed by atoms with Crippen molar-refractivity contribution in [1.29, 1.82) is 0 Å². The second kappa shape index (κ2) is 6.39. The largest absolute Gasteiger partial charge is 0.433 e. The highest BCUT2D eigenvalue weighted by molar-refractivity contribution is 6.31. The summed E-state index contributed by atoms with van der Waals surface area (Å²) in [7, 11) is 0. The number of carbonyl (C=O) groups excluding carboxylic acids is 1. The van der Waals surface area contributed by atoms with Crippen LogP contribution in [0.3, 0.4) is 0 Å². The molecule has 0 aliphatic carbocycles. The molecular weight excluding hydrogens is 359 g/mol. The number of hydrogen-bond acceptors (Lipinski definition) is 3. The number of benzene rings is 2. The van der Waals surface area contributed by atoms with Crippen molar-refractivity contribution in [3.05, 3.63) is 76.0 Å². The van der Waals surface area contributed by atoms with E-state index < -0.39 is 0 Å². The van der Waals surface area contributed by atoms with Gasteiger partial charge in [-0.05, 0) is 42.0 Å². The first-order chi connectivity index (χ1) is 12.1. The molecule has 4 rings (SSSR count). The minimum absolute atomic E-state index is 0.220. The Morgan fingerprint density at radius 2 is 1.72 bits per heavy atom. The van der Waals surface area contributed by atoms with Crippen LogP contribution in [0.25, 0.3) is 22.0 Å². The molecule has 2 aromatic heterocycles. The maximum atomic E-state index is 12.3. The van der Waals surface area contributed by atoms with Gasteiger partial charge in [-0.2, -0.15) is 0 Å². The van der Waals surface area contributed by atoms with Crippen molar-refractivity contribution >= 4 is 51.1 Å². The highest BCUT2D eigenvalue weighted by Crippen LogP contribution is 2.25. The molecule has 0 fully saturated rings. The van der Waals surface area contributed by atoms with E-state index in [2.05, 4.69) is 10.3 Å². The van der Waals surface area contributed by atoms with Gasteiger partial charge in [-0.3, -0.25) is 4.79 Å². The predicted octanol–water partition coefficient (Wildman–Crippen LogP) is 5.22. The van der Waals surface area contributed by atoms with Gasteiger partial charge in [0.15, 0.2) is 5.76 Å². The first-order valence-corrected chi connectivity index (χ1v) is 8.36. The van der Waals surface area contributed by atoms with E-state index in [0.29, 0.717) is 22.3 Å². The predicted molar refractivity (Wildman–Crippen MR) is 99.1 cm³/mol. The highest BCUT2D eigenvalue weighted by atomic mass is 35.5. The highest BCUT2D eigenvalue weighted by Gasteiger charge is 2.13. The number of rotatable bonds is 3. The van der Waals surface area contributed by atoms with Crippen LogP contribution in [0.5, 0.6) is 0 Å². The van der Waals surface area contributed by atoms with Crippen LogP contribution < -0.4 is 5.32 Å². The van der Waals surface area contributed by atoms with Crippen LogP contribution in [-0.2, 0) is 6.54 Å². The van der Waals surface area contributed by atoms with E-state index in [1.54, 1.807) is 30.3 Å². The Hall–Kier alpha value is -2.56. The van der Waals surface area contributed by atoms with Crippen LogP contribution in [0.2, 0.25) is 10.0 Å². The SMILES string of the molecule is O=C(NCc1ccc(Cl)cc1)c1cc2cc3ccc(Cl)cc3nc2o1. The molecule has 0 bridgehead atoms. The van der Waals surface area contributed by atoms with Gasteiger partial charge in [-0.1, -0.05) is 41.4 Å². The molecule has 1 N–H and O–H groups in total. The van der Waals surface area contributed by atoms with Gasteiger partial charge < -0.3 is 9.73 Å². The first-order valence-electron chi connectivity index (χ1n) is 7.61. The Bertz CT molecular complexity index is 1090. The van der Waals surface area contributed by atoms with E-state index in [1.807, 2.05) is 24.3 Å². The summed E-state index contributed by atoms with van der Waals surface area (Å²) in [5, 5.41) is 5.79. The lowest BCUT2D eigenvalue weighted by atomic mass is 10.2. The topological polar surface area (TPSA) is 55.1 Å². The summed E-state index contributed by atoms with van der Waals surface area (Å²) in [5.74, 6) is -0.0760. The molecule has 0 saturated heterocycles. The van der Waals surface area contributed by atoms with Crippen molar-refractivity contribution in [3.8, 4) is 0 Å². The number of furan rings is 1. The van der Waals surface area contributed by atoms with Crippen molar-refractivity contribution in [2.24, 2.45) is 0 Å². The lowest BCUT2D eigenvalue weighted by Crippen LogP contribution is -2.22. The summed E-state index contributed by atoms with van der Waals surface area (Å²) in [6, 6.07) is 16.4. The van der Waals surface area contributed by atoms with Crippen LogP contribution in [0.15, 0.2) is 59.0 Å². The molecule has 1 amide bonds. The summed E-state index contributed by atoms with van der Waals surface area (Å²) in [6.07, 6.45) is 0. The molecular formula is C19H12Cl2N2O2. The molecule has 25 heavy (non-hydrogen) atoms. The lowest BCUT2D eigenvalue weighted by Gasteiger charge is -2.03. The van der Waals surface area contributed by atoms with E-state index >= 15 is 0 Å². The maximum absolute atomic E-state index is 12.3. The quantitative estimate of drug-likeness (QED) is 0.537. The molecule has 0 spiro atoms. The minimum Gasteiger partial charge on any atom is -0.433 e. The van der Waals surface area contributed by atoms with Crippen molar-refractivity contribution in [1.82, 2.24) is 10.3 Å². The monoisotopic (exact) mass is 370 g/mol. The average Bonchev–Trinajstić information content (AvgIpc) is 3.02. The Morgan fingerprint density at radius 1 is 0.960 bits per heavy atom. The molecule has 0 unspecified atom stereocenters. The number of fused-ring (bicyclic) bond motifs is 2. The molecule has 6 heteroatoms. The Labute approximate surface area is 153 Å². The average molecular weight is 371 g/mol. The molecule has 124 valence electrons. The van der Waals surface area contributed by atoms with Gasteiger partial charge in [0.05, 0.1) is 5.52 Å². The fraction of sp³-hybridized carbons (Fsp3) is 0.0526. The third-order valence-corrected chi connectivity index (χ3v) is 4.34. The standard InChI is InChI=1S/C19H12Cl2N2O2/c20-14-4-1-11(2-5-14)10-22-18(24)17-8-13-7-12-3-6-15(21)9-16(12)23-19(13)25-17/h1-9H,10H2,(H,22,24). The molecule has 4 nitrogen and oxygen atoms in total. The van der Waals surface area contributed by atoms with Crippen LogP contribution in [0.1, 0.15) is 16.1 Å². The van der Waals surface area contributed by atoms with E-state index in [4.69, 9.17) is 27.6 Å². The molecule has 0 aliphatic heterocycles. The first kappa shape index (κ1) is 15.9. The second-order valence-electron chi connectivity index (χ2n) is 5.64. The summed E-state index contributed by atoms with van der Waals surface area (Å²) in [4.78, 5) is 16.7. The molecule has 4 aromatic rings. The lowest BCUT2D eigenvalue weighted by molar-refractivity contribution is 0.0925. The van der Waals surface area contributed by atoms with Gasteiger partial charge in [0, 0.05) is 27.4 Å². The van der Waals surface area contributed by atoms with Gasteiger partial charge in [0.1, 0.15) is 0 Å². The number of aromatic nitrogens is 1. The van der Waals surface area contributed by atoms with Crippen molar-refractivity contribution in [3.63, 3.8) is 0 Å². The Balaban J connectivity index is 1.58. The maximum Gasteiger partial charge on any atom is 0.287 e.